The minimum absolute atomic E-state index is 0. The van der Waals surface area contributed by atoms with Gasteiger partial charge < -0.3 is 15.0 Å². The Morgan fingerprint density at radius 1 is 1.38 bits per heavy atom. The Kier molecular flexibility index (Phi) is 11.4. The van der Waals surface area contributed by atoms with Crippen molar-refractivity contribution in [1.82, 2.24) is 15.1 Å². The number of guanidine groups is 1. The van der Waals surface area contributed by atoms with Gasteiger partial charge in [0.15, 0.2) is 5.96 Å². The van der Waals surface area contributed by atoms with Crippen molar-refractivity contribution in [3.8, 4) is 0 Å². The predicted molar refractivity (Wildman–Crippen MR) is 101 cm³/mol. The van der Waals surface area contributed by atoms with Gasteiger partial charge in [0.05, 0.1) is 6.61 Å². The second-order valence-electron chi connectivity index (χ2n) is 5.61. The summed E-state index contributed by atoms with van der Waals surface area (Å²) in [5, 5.41) is 3.49. The fourth-order valence-electron chi connectivity index (χ4n) is 2.80. The van der Waals surface area contributed by atoms with Crippen molar-refractivity contribution in [1.29, 1.82) is 0 Å². The van der Waals surface area contributed by atoms with E-state index in [9.17, 15) is 0 Å². The van der Waals surface area contributed by atoms with Crippen molar-refractivity contribution < 1.29 is 4.74 Å². The summed E-state index contributed by atoms with van der Waals surface area (Å²) in [6, 6.07) is 0.518. The second-order valence-corrected chi connectivity index (χ2v) is 5.61. The molecule has 0 aromatic carbocycles. The summed E-state index contributed by atoms with van der Waals surface area (Å²) in [5.74, 6) is 1.62. The molecule has 2 atom stereocenters. The van der Waals surface area contributed by atoms with Gasteiger partial charge in [-0.05, 0) is 26.4 Å². The van der Waals surface area contributed by atoms with Gasteiger partial charge in [-0.1, -0.05) is 13.8 Å². The highest BCUT2D eigenvalue weighted by Crippen LogP contribution is 2.13. The highest BCUT2D eigenvalue weighted by Gasteiger charge is 2.19. The van der Waals surface area contributed by atoms with Gasteiger partial charge in [0, 0.05) is 45.8 Å². The minimum Gasteiger partial charge on any atom is -0.381 e. The van der Waals surface area contributed by atoms with Crippen LogP contribution in [0.3, 0.4) is 0 Å². The molecule has 0 radical (unpaired) electrons. The molecule has 0 aromatic rings. The number of rotatable bonds is 7. The molecule has 0 saturated carbocycles. The van der Waals surface area contributed by atoms with E-state index in [-0.39, 0.29) is 24.0 Å². The molecule has 6 heteroatoms. The van der Waals surface area contributed by atoms with Crippen molar-refractivity contribution >= 4 is 29.9 Å². The number of ether oxygens (including phenoxy) is 1. The third-order valence-corrected chi connectivity index (χ3v) is 4.12. The lowest BCUT2D eigenvalue weighted by atomic mass is 10.1. The Morgan fingerprint density at radius 2 is 2.05 bits per heavy atom. The Balaban J connectivity index is 0.00000400. The van der Waals surface area contributed by atoms with Crippen LogP contribution in [0.2, 0.25) is 0 Å². The van der Waals surface area contributed by atoms with Crippen LogP contribution in [0, 0.1) is 5.92 Å². The smallest absolute Gasteiger partial charge is 0.193 e. The summed E-state index contributed by atoms with van der Waals surface area (Å²) in [4.78, 5) is 9.05. The summed E-state index contributed by atoms with van der Waals surface area (Å²) in [7, 11) is 3.96. The lowest BCUT2D eigenvalue weighted by molar-refractivity contribution is 0.181. The highest BCUT2D eigenvalue weighted by atomic mass is 127. The van der Waals surface area contributed by atoms with Crippen LogP contribution in [-0.2, 0) is 4.74 Å². The van der Waals surface area contributed by atoms with Crippen LogP contribution < -0.4 is 5.32 Å². The molecule has 5 nitrogen and oxygen atoms in total. The zero-order chi connectivity index (χ0) is 15.0. The minimum atomic E-state index is 0. The number of nitrogens with one attached hydrogen (secondary N) is 1. The van der Waals surface area contributed by atoms with Crippen molar-refractivity contribution in [2.75, 3.05) is 53.5 Å². The summed E-state index contributed by atoms with van der Waals surface area (Å²) in [6.45, 7) is 12.6. The summed E-state index contributed by atoms with van der Waals surface area (Å²) < 4.78 is 5.44. The first kappa shape index (κ1) is 20.9. The SMILES string of the molecule is CCN(CC)C(C)CNC(=NC)N(C)CC1CCOC1.I. The maximum absolute atomic E-state index is 5.44. The van der Waals surface area contributed by atoms with E-state index >= 15 is 0 Å². The molecule has 1 fully saturated rings. The molecule has 0 spiro atoms. The predicted octanol–water partition coefficient (Wildman–Crippen LogP) is 1.88. The quantitative estimate of drug-likeness (QED) is 0.394. The molecule has 0 aliphatic carbocycles. The Bertz CT molecular complexity index is 291. The van der Waals surface area contributed by atoms with Gasteiger partial charge in [0.25, 0.3) is 0 Å². The van der Waals surface area contributed by atoms with Crippen LogP contribution >= 0.6 is 24.0 Å². The largest absolute Gasteiger partial charge is 0.381 e. The Hall–Kier alpha value is -0.0800. The van der Waals surface area contributed by atoms with E-state index in [2.05, 4.69) is 47.9 Å². The van der Waals surface area contributed by atoms with Crippen LogP contribution in [0.5, 0.6) is 0 Å². The molecule has 2 unspecified atom stereocenters. The zero-order valence-corrected chi connectivity index (χ0v) is 16.6. The van der Waals surface area contributed by atoms with E-state index in [1.165, 1.54) is 0 Å². The normalized spacial score (nSPS) is 20.3. The van der Waals surface area contributed by atoms with Gasteiger partial charge in [0.2, 0.25) is 0 Å². The van der Waals surface area contributed by atoms with Crippen molar-refractivity contribution in [2.45, 2.75) is 33.2 Å². The monoisotopic (exact) mass is 412 g/mol. The maximum atomic E-state index is 5.44. The van der Waals surface area contributed by atoms with E-state index < -0.39 is 0 Å². The van der Waals surface area contributed by atoms with E-state index in [1.54, 1.807) is 0 Å². The van der Waals surface area contributed by atoms with Gasteiger partial charge in [-0.15, -0.1) is 24.0 Å². The third-order valence-electron chi connectivity index (χ3n) is 4.12. The molecule has 21 heavy (non-hydrogen) atoms. The molecule has 0 bridgehead atoms. The molecule has 1 heterocycles. The molecule has 126 valence electrons. The average molecular weight is 412 g/mol. The van der Waals surface area contributed by atoms with Gasteiger partial charge in [-0.25, -0.2) is 0 Å². The van der Waals surface area contributed by atoms with Gasteiger partial charge in [0.1, 0.15) is 0 Å². The molecule has 0 amide bonds. The second kappa shape index (κ2) is 11.5. The molecule has 1 N–H and O–H groups in total. The van der Waals surface area contributed by atoms with Gasteiger partial charge >= 0.3 is 0 Å². The maximum Gasteiger partial charge on any atom is 0.193 e. The first-order valence-electron chi connectivity index (χ1n) is 7.85. The van der Waals surface area contributed by atoms with Crippen LogP contribution in [0.25, 0.3) is 0 Å². The third kappa shape index (κ3) is 7.15. The molecule has 1 aliphatic heterocycles. The van der Waals surface area contributed by atoms with Crippen molar-refractivity contribution in [2.24, 2.45) is 10.9 Å². The van der Waals surface area contributed by atoms with Crippen LogP contribution in [0.15, 0.2) is 4.99 Å². The Morgan fingerprint density at radius 3 is 2.52 bits per heavy atom. The summed E-state index contributed by atoms with van der Waals surface area (Å²) in [6.07, 6.45) is 1.16. The summed E-state index contributed by atoms with van der Waals surface area (Å²) in [5.41, 5.74) is 0. The van der Waals surface area contributed by atoms with Gasteiger partial charge in [-0.2, -0.15) is 0 Å². The fourth-order valence-corrected chi connectivity index (χ4v) is 2.80. The molecule has 1 aliphatic rings. The van der Waals surface area contributed by atoms with E-state index in [0.717, 1.165) is 51.8 Å². The number of nitrogens with zero attached hydrogens (tertiary/aromatic N) is 3. The van der Waals surface area contributed by atoms with Crippen molar-refractivity contribution in [3.63, 3.8) is 0 Å². The molecular weight excluding hydrogens is 379 g/mol. The summed E-state index contributed by atoms with van der Waals surface area (Å²) >= 11 is 0. The Labute approximate surface area is 147 Å². The van der Waals surface area contributed by atoms with E-state index in [0.29, 0.717) is 12.0 Å². The fraction of sp³-hybridized carbons (Fsp3) is 0.933. The average Bonchev–Trinajstić information content (AvgIpc) is 2.93. The molecule has 0 aromatic heterocycles. The van der Waals surface area contributed by atoms with E-state index in [4.69, 9.17) is 4.74 Å². The highest BCUT2D eigenvalue weighted by molar-refractivity contribution is 14.0. The van der Waals surface area contributed by atoms with Crippen LogP contribution in [-0.4, -0.2) is 75.3 Å². The first-order valence-corrected chi connectivity index (χ1v) is 7.85. The standard InChI is InChI=1S/C15H32N4O.HI/c1-6-19(7-2)13(3)10-17-15(16-4)18(5)11-14-8-9-20-12-14;/h13-14H,6-12H2,1-5H3,(H,16,17);1H. The molecule has 1 saturated heterocycles. The molecule has 1 rings (SSSR count). The first-order chi connectivity index (χ1) is 9.62. The lowest BCUT2D eigenvalue weighted by Gasteiger charge is -2.29. The molecular formula is C15H33IN4O. The van der Waals surface area contributed by atoms with Crippen LogP contribution in [0.1, 0.15) is 27.2 Å². The van der Waals surface area contributed by atoms with Crippen molar-refractivity contribution in [3.05, 3.63) is 0 Å². The number of aliphatic imine (C=N–C) groups is 1. The number of hydrogen-bond acceptors (Lipinski definition) is 3. The lowest BCUT2D eigenvalue weighted by Crippen LogP contribution is -2.47. The number of likely N-dealkylation sites (N-methyl/N-ethyl adjacent to an activating group) is 1. The van der Waals surface area contributed by atoms with Crippen LogP contribution in [0.4, 0.5) is 0 Å². The number of hydrogen-bond donors (Lipinski definition) is 1. The zero-order valence-electron chi connectivity index (χ0n) is 14.3. The number of halogens is 1. The van der Waals surface area contributed by atoms with E-state index in [1.807, 2.05) is 7.05 Å². The topological polar surface area (TPSA) is 40.1 Å². The van der Waals surface area contributed by atoms with Gasteiger partial charge in [-0.3, -0.25) is 9.89 Å².